The molecule has 0 atom stereocenters. The molecule has 1 aliphatic rings. The summed E-state index contributed by atoms with van der Waals surface area (Å²) in [5.74, 6) is -3.95. The maximum absolute atomic E-state index is 13.7. The van der Waals surface area contributed by atoms with Crippen LogP contribution >= 0.6 is 0 Å². The molecule has 0 bridgehead atoms. The molecule has 0 aliphatic heterocycles. The molecule has 8 heteroatoms. The number of hydrogen-bond acceptors (Lipinski definition) is 5. The van der Waals surface area contributed by atoms with Crippen molar-refractivity contribution in [3.05, 3.63) is 130 Å². The average Bonchev–Trinajstić information content (AvgIpc) is 2.92. The lowest BCUT2D eigenvalue weighted by atomic mass is 9.81. The number of benzene rings is 4. The van der Waals surface area contributed by atoms with Gasteiger partial charge in [0.25, 0.3) is 11.8 Å². The molecule has 5 rings (SSSR count). The van der Waals surface area contributed by atoms with Gasteiger partial charge in [0.1, 0.15) is 0 Å². The molecule has 8 nitrogen and oxygen atoms in total. The van der Waals surface area contributed by atoms with E-state index in [9.17, 15) is 29.1 Å². The van der Waals surface area contributed by atoms with E-state index in [0.717, 1.165) is 6.07 Å². The molecule has 0 saturated carbocycles. The summed E-state index contributed by atoms with van der Waals surface area (Å²) >= 11 is 0. The summed E-state index contributed by atoms with van der Waals surface area (Å²) in [4.78, 5) is 65.5. The van der Waals surface area contributed by atoms with Crippen LogP contribution < -0.4 is 10.6 Å². The second kappa shape index (κ2) is 9.35. The van der Waals surface area contributed by atoms with Gasteiger partial charge in [0.2, 0.25) is 0 Å². The van der Waals surface area contributed by atoms with Gasteiger partial charge in [0.05, 0.1) is 28.1 Å². The van der Waals surface area contributed by atoms with Gasteiger partial charge in [-0.2, -0.15) is 0 Å². The van der Waals surface area contributed by atoms with Crippen LogP contribution in [-0.4, -0.2) is 34.5 Å². The summed E-state index contributed by atoms with van der Waals surface area (Å²) in [6, 6.07) is 23.4. The van der Waals surface area contributed by atoms with E-state index in [4.69, 9.17) is 0 Å². The number of carbonyl (C=O) groups excluding carboxylic acids is 4. The minimum absolute atomic E-state index is 0.0677. The first-order valence-corrected chi connectivity index (χ1v) is 11.2. The first kappa shape index (κ1) is 23.4. The fourth-order valence-electron chi connectivity index (χ4n) is 4.25. The maximum Gasteiger partial charge on any atom is 0.337 e. The third-order valence-corrected chi connectivity index (χ3v) is 5.99. The molecule has 4 aromatic carbocycles. The summed E-state index contributed by atoms with van der Waals surface area (Å²) in [7, 11) is 0. The molecule has 0 aromatic heterocycles. The van der Waals surface area contributed by atoms with Crippen molar-refractivity contribution in [2.45, 2.75) is 0 Å². The summed E-state index contributed by atoms with van der Waals surface area (Å²) in [5, 5.41) is 15.1. The minimum Gasteiger partial charge on any atom is -0.478 e. The first-order chi connectivity index (χ1) is 17.9. The van der Waals surface area contributed by atoms with E-state index < -0.39 is 34.9 Å². The summed E-state index contributed by atoms with van der Waals surface area (Å²) in [6.45, 7) is 0. The van der Waals surface area contributed by atoms with Crippen LogP contribution in [0.1, 0.15) is 62.9 Å². The largest absolute Gasteiger partial charge is 0.478 e. The van der Waals surface area contributed by atoms with Crippen LogP contribution in [0.15, 0.2) is 91.0 Å². The molecule has 0 heterocycles. The highest BCUT2D eigenvalue weighted by molar-refractivity contribution is 6.34. The Morgan fingerprint density at radius 1 is 0.595 bits per heavy atom. The maximum atomic E-state index is 13.7. The Hall–Kier alpha value is -5.37. The Morgan fingerprint density at radius 2 is 1.05 bits per heavy atom. The van der Waals surface area contributed by atoms with Gasteiger partial charge in [-0.15, -0.1) is 0 Å². The Morgan fingerprint density at radius 3 is 1.57 bits per heavy atom. The molecule has 2 amide bonds. The van der Waals surface area contributed by atoms with Crippen LogP contribution in [0.3, 0.4) is 0 Å². The van der Waals surface area contributed by atoms with Crippen LogP contribution in [0, 0.1) is 0 Å². The Bertz CT molecular complexity index is 1610. The molecule has 180 valence electrons. The van der Waals surface area contributed by atoms with Gasteiger partial charge in [-0.3, -0.25) is 19.2 Å². The molecular weight excluding hydrogens is 472 g/mol. The molecule has 0 radical (unpaired) electrons. The van der Waals surface area contributed by atoms with E-state index in [2.05, 4.69) is 10.6 Å². The second-order valence-electron chi connectivity index (χ2n) is 8.25. The minimum atomic E-state index is -1.46. The summed E-state index contributed by atoms with van der Waals surface area (Å²) < 4.78 is 0. The molecule has 1 aliphatic carbocycles. The van der Waals surface area contributed by atoms with Crippen LogP contribution in [0.5, 0.6) is 0 Å². The van der Waals surface area contributed by atoms with E-state index in [0.29, 0.717) is 0 Å². The molecule has 0 saturated heterocycles. The van der Waals surface area contributed by atoms with Crippen LogP contribution in [0.25, 0.3) is 0 Å². The topological polar surface area (TPSA) is 130 Å². The lowest BCUT2D eigenvalue weighted by Crippen LogP contribution is -2.28. The zero-order valence-corrected chi connectivity index (χ0v) is 19.1. The molecular formula is C29H18N2O6. The Balaban J connectivity index is 1.73. The van der Waals surface area contributed by atoms with E-state index >= 15 is 0 Å². The van der Waals surface area contributed by atoms with Crippen molar-refractivity contribution in [3.8, 4) is 0 Å². The number of ketones is 2. The zero-order valence-electron chi connectivity index (χ0n) is 19.1. The number of carbonyl (C=O) groups is 5. The molecule has 0 unspecified atom stereocenters. The highest BCUT2D eigenvalue weighted by Gasteiger charge is 2.37. The number of nitrogens with one attached hydrogen (secondary N) is 2. The molecule has 4 aromatic rings. The third kappa shape index (κ3) is 4.17. The van der Waals surface area contributed by atoms with Crippen molar-refractivity contribution >= 4 is 40.7 Å². The van der Waals surface area contributed by atoms with E-state index in [1.807, 2.05) is 0 Å². The predicted octanol–water partition coefficient (Wildman–Crippen LogP) is 4.66. The lowest BCUT2D eigenvalue weighted by Gasteiger charge is -2.24. The van der Waals surface area contributed by atoms with E-state index in [1.165, 1.54) is 24.3 Å². The van der Waals surface area contributed by atoms with E-state index in [-0.39, 0.29) is 44.8 Å². The Labute approximate surface area is 210 Å². The molecule has 0 spiro atoms. The highest BCUT2D eigenvalue weighted by atomic mass is 16.4. The smallest absolute Gasteiger partial charge is 0.337 e. The van der Waals surface area contributed by atoms with Crippen molar-refractivity contribution in [3.63, 3.8) is 0 Å². The summed E-state index contributed by atoms with van der Waals surface area (Å²) in [5.41, 5.74) is -0.733. The number of anilines is 2. The van der Waals surface area contributed by atoms with Gasteiger partial charge in [-0.05, 0) is 30.3 Å². The molecule has 0 fully saturated rings. The van der Waals surface area contributed by atoms with E-state index in [1.54, 1.807) is 60.7 Å². The van der Waals surface area contributed by atoms with Crippen molar-refractivity contribution in [2.24, 2.45) is 0 Å². The van der Waals surface area contributed by atoms with Crippen LogP contribution in [0.4, 0.5) is 11.4 Å². The monoisotopic (exact) mass is 490 g/mol. The van der Waals surface area contributed by atoms with Crippen LogP contribution in [-0.2, 0) is 0 Å². The van der Waals surface area contributed by atoms with Crippen molar-refractivity contribution in [1.82, 2.24) is 0 Å². The normalized spacial score (nSPS) is 11.8. The van der Waals surface area contributed by atoms with Crippen molar-refractivity contribution in [2.75, 3.05) is 10.6 Å². The highest BCUT2D eigenvalue weighted by Crippen LogP contribution is 2.39. The fourth-order valence-corrected chi connectivity index (χ4v) is 4.25. The first-order valence-electron chi connectivity index (χ1n) is 11.2. The standard InChI is InChI=1S/C29H18N2O6/c32-25-18-13-7-8-14-19(18)26(33)23-22(25)21(30-27(34)16-9-3-1-4-10-16)15-20(29(36)37)24(23)31-28(35)17-11-5-2-6-12-17/h1-15H,(H,30,34)(H,31,35)(H,36,37). The van der Waals surface area contributed by atoms with Crippen LogP contribution in [0.2, 0.25) is 0 Å². The number of amides is 2. The Kier molecular flexibility index (Phi) is 5.91. The van der Waals surface area contributed by atoms with Crippen molar-refractivity contribution < 1.29 is 29.1 Å². The number of carboxylic acid groups (broad SMARTS) is 1. The van der Waals surface area contributed by atoms with Gasteiger partial charge >= 0.3 is 5.97 Å². The number of hydrogen-bond donors (Lipinski definition) is 3. The quantitative estimate of drug-likeness (QED) is 0.328. The fraction of sp³-hybridized carbons (Fsp3) is 0. The number of fused-ring (bicyclic) bond motifs is 2. The molecule has 3 N–H and O–H groups in total. The predicted molar refractivity (Wildman–Crippen MR) is 135 cm³/mol. The third-order valence-electron chi connectivity index (χ3n) is 5.99. The van der Waals surface area contributed by atoms with Gasteiger partial charge in [0, 0.05) is 22.3 Å². The number of aromatic carboxylic acids is 1. The summed E-state index contributed by atoms with van der Waals surface area (Å²) in [6.07, 6.45) is 0. The van der Waals surface area contributed by atoms with Gasteiger partial charge < -0.3 is 15.7 Å². The van der Waals surface area contributed by atoms with Gasteiger partial charge in [0.15, 0.2) is 11.6 Å². The molecule has 37 heavy (non-hydrogen) atoms. The SMILES string of the molecule is O=C(Nc1cc(C(=O)O)c(NC(=O)c2ccccc2)c2c1C(=O)c1ccccc1C2=O)c1ccccc1. The zero-order chi connectivity index (χ0) is 26.1. The number of carboxylic acids is 1. The number of rotatable bonds is 5. The average molecular weight is 490 g/mol. The van der Waals surface area contributed by atoms with Gasteiger partial charge in [-0.25, -0.2) is 4.79 Å². The second-order valence-corrected chi connectivity index (χ2v) is 8.25. The van der Waals surface area contributed by atoms with Crippen molar-refractivity contribution in [1.29, 1.82) is 0 Å². The van der Waals surface area contributed by atoms with Gasteiger partial charge in [-0.1, -0.05) is 60.7 Å². The lowest BCUT2D eigenvalue weighted by molar-refractivity contribution is 0.0697.